The summed E-state index contributed by atoms with van der Waals surface area (Å²) in [6.45, 7) is 1.93. The lowest BCUT2D eigenvalue weighted by Gasteiger charge is -1.77. The molecule has 0 heterocycles. The highest BCUT2D eigenvalue weighted by Crippen LogP contribution is 1.85. The van der Waals surface area contributed by atoms with Crippen LogP contribution in [0.5, 0.6) is 0 Å². The zero-order valence-electron chi connectivity index (χ0n) is 3.90. The second-order valence-corrected chi connectivity index (χ2v) is 1.09. The van der Waals surface area contributed by atoms with E-state index < -0.39 is 0 Å². The molecule has 0 spiro atoms. The highest BCUT2D eigenvalue weighted by atomic mass is 16.1. The number of rotatable bonds is 3. The van der Waals surface area contributed by atoms with Crippen molar-refractivity contribution in [3.8, 4) is 0 Å². The van der Waals surface area contributed by atoms with Crippen LogP contribution in [0.25, 0.3) is 0 Å². The van der Waals surface area contributed by atoms with E-state index >= 15 is 0 Å². The van der Waals surface area contributed by atoms with Gasteiger partial charge in [-0.3, -0.25) is 4.79 Å². The van der Waals surface area contributed by atoms with Crippen molar-refractivity contribution < 1.29 is 4.79 Å². The summed E-state index contributed by atoms with van der Waals surface area (Å²) < 4.78 is 0. The van der Waals surface area contributed by atoms with E-state index in [1.165, 1.54) is 0 Å². The molecule has 0 saturated heterocycles. The smallest absolute Gasteiger partial charge is 0.198 e. The Kier molecular flexibility index (Phi) is 4.41. The van der Waals surface area contributed by atoms with E-state index in [4.69, 9.17) is 0 Å². The van der Waals surface area contributed by atoms with Gasteiger partial charge in [-0.15, -0.1) is 0 Å². The van der Waals surface area contributed by atoms with Gasteiger partial charge in [-0.25, -0.2) is 0 Å². The fraction of sp³-hybridized carbons (Fsp3) is 0.600. The first-order chi connectivity index (χ1) is 2.91. The molecule has 0 saturated carbocycles. The number of unbranched alkanes of at least 4 members (excludes halogenated alkanes) is 2. The fourth-order valence-electron chi connectivity index (χ4n) is 0.203. The zero-order valence-corrected chi connectivity index (χ0v) is 3.90. The van der Waals surface area contributed by atoms with Crippen LogP contribution in [-0.4, -0.2) is 6.29 Å². The average Bonchev–Trinajstić information content (AvgIpc) is 1.61. The van der Waals surface area contributed by atoms with Gasteiger partial charge in [0.05, 0.1) is 0 Å². The van der Waals surface area contributed by atoms with Crippen molar-refractivity contribution in [1.82, 2.24) is 0 Å². The minimum Gasteiger partial charge on any atom is -0.291 e. The van der Waals surface area contributed by atoms with Crippen LogP contribution in [0.3, 0.4) is 0 Å². The molecule has 0 aliphatic carbocycles. The maximum atomic E-state index is 9.42. The van der Waals surface area contributed by atoms with E-state index in [2.05, 4.69) is 0 Å². The van der Waals surface area contributed by atoms with Crippen molar-refractivity contribution in [2.45, 2.75) is 19.8 Å². The molecule has 0 atom stereocenters. The quantitative estimate of drug-likeness (QED) is 0.468. The summed E-state index contributed by atoms with van der Waals surface area (Å²) in [5.74, 6) is 0. The van der Waals surface area contributed by atoms with Crippen LogP contribution < -0.4 is 0 Å². The van der Waals surface area contributed by atoms with Gasteiger partial charge in [-0.05, 0) is 12.8 Å². The standard InChI is InChI=1S/C5H8O/c1-2-3-4-5-6/h2H,3-4H2,1H3. The van der Waals surface area contributed by atoms with Crippen molar-refractivity contribution >= 4 is 6.29 Å². The molecule has 0 aromatic heterocycles. The van der Waals surface area contributed by atoms with Crippen molar-refractivity contribution in [1.29, 1.82) is 0 Å². The largest absolute Gasteiger partial charge is 0.291 e. The van der Waals surface area contributed by atoms with Crippen molar-refractivity contribution in [3.63, 3.8) is 0 Å². The molecule has 1 heteroatoms. The van der Waals surface area contributed by atoms with E-state index in [-0.39, 0.29) is 0 Å². The summed E-state index contributed by atoms with van der Waals surface area (Å²) >= 11 is 0. The highest BCUT2D eigenvalue weighted by Gasteiger charge is 1.76. The molecule has 2 radical (unpaired) electrons. The van der Waals surface area contributed by atoms with Crippen molar-refractivity contribution in [3.05, 3.63) is 6.42 Å². The Labute approximate surface area is 38.4 Å². The van der Waals surface area contributed by atoms with Crippen molar-refractivity contribution in [2.75, 3.05) is 0 Å². The maximum absolute atomic E-state index is 9.42. The number of hydrogen-bond donors (Lipinski definition) is 0. The summed E-state index contributed by atoms with van der Waals surface area (Å²) in [6.07, 6.45) is 5.15. The molecule has 0 unspecified atom stereocenters. The van der Waals surface area contributed by atoms with Gasteiger partial charge in [0, 0.05) is 6.42 Å². The molecule has 1 nitrogen and oxygen atoms in total. The Bertz CT molecular complexity index is 32.9. The normalized spacial score (nSPS) is 8.17. The third-order valence-corrected chi connectivity index (χ3v) is 0.535. The molecule has 0 aromatic rings. The third-order valence-electron chi connectivity index (χ3n) is 0.535. The Hall–Kier alpha value is -0.330. The topological polar surface area (TPSA) is 17.1 Å². The summed E-state index contributed by atoms with van der Waals surface area (Å²) in [7, 11) is 0. The second-order valence-electron chi connectivity index (χ2n) is 1.09. The maximum Gasteiger partial charge on any atom is 0.198 e. The van der Waals surface area contributed by atoms with Crippen LogP contribution in [0.4, 0.5) is 0 Å². The Balaban J connectivity index is 2.49. The molecular formula is C5H8O. The second kappa shape index (κ2) is 4.67. The lowest BCUT2D eigenvalue weighted by molar-refractivity contribution is 0.551. The summed E-state index contributed by atoms with van der Waals surface area (Å²) in [5, 5.41) is 0. The Morgan fingerprint density at radius 3 is 2.67 bits per heavy atom. The molecule has 6 heavy (non-hydrogen) atoms. The van der Waals surface area contributed by atoms with Crippen molar-refractivity contribution in [2.24, 2.45) is 0 Å². The van der Waals surface area contributed by atoms with Gasteiger partial charge in [-0.2, -0.15) is 0 Å². The SMILES string of the molecule is C[CH]CC[C]=O. The average molecular weight is 84.1 g/mol. The first-order valence-corrected chi connectivity index (χ1v) is 2.04. The highest BCUT2D eigenvalue weighted by molar-refractivity contribution is 5.50. The van der Waals surface area contributed by atoms with E-state index in [1.807, 2.05) is 13.3 Å². The van der Waals surface area contributed by atoms with E-state index in [9.17, 15) is 4.79 Å². The first-order valence-electron chi connectivity index (χ1n) is 2.04. The molecule has 0 bridgehead atoms. The first kappa shape index (κ1) is 5.67. The predicted molar refractivity (Wildman–Crippen MR) is 24.9 cm³/mol. The molecule has 0 rings (SSSR count). The number of hydrogen-bond acceptors (Lipinski definition) is 1. The van der Waals surface area contributed by atoms with Crippen LogP contribution >= 0.6 is 0 Å². The van der Waals surface area contributed by atoms with Gasteiger partial charge >= 0.3 is 0 Å². The predicted octanol–water partition coefficient (Wildman–Crippen LogP) is 1.10. The van der Waals surface area contributed by atoms with Crippen LogP contribution in [0.1, 0.15) is 19.8 Å². The lowest BCUT2D eigenvalue weighted by Crippen LogP contribution is -1.71. The van der Waals surface area contributed by atoms with Gasteiger partial charge in [-0.1, -0.05) is 6.92 Å². The van der Waals surface area contributed by atoms with Crippen LogP contribution in [0.15, 0.2) is 0 Å². The Morgan fingerprint density at radius 2 is 2.50 bits per heavy atom. The van der Waals surface area contributed by atoms with Crippen LogP contribution in [-0.2, 0) is 4.79 Å². The molecule has 0 aliphatic heterocycles. The zero-order chi connectivity index (χ0) is 4.83. The lowest BCUT2D eigenvalue weighted by atomic mass is 10.3. The molecular weight excluding hydrogens is 76.1 g/mol. The fourth-order valence-corrected chi connectivity index (χ4v) is 0.203. The van der Waals surface area contributed by atoms with Crippen LogP contribution in [0.2, 0.25) is 0 Å². The molecule has 34 valence electrons. The number of carbonyl (C=O) groups excluding carboxylic acids is 1. The minimum absolute atomic E-state index is 0.552. The van der Waals surface area contributed by atoms with E-state index in [1.54, 1.807) is 6.29 Å². The summed E-state index contributed by atoms with van der Waals surface area (Å²) in [6, 6.07) is 0. The molecule has 0 aliphatic rings. The Morgan fingerprint density at radius 1 is 1.83 bits per heavy atom. The van der Waals surface area contributed by atoms with Crippen LogP contribution in [0, 0.1) is 6.42 Å². The minimum atomic E-state index is 0.552. The summed E-state index contributed by atoms with van der Waals surface area (Å²) in [4.78, 5) is 9.42. The van der Waals surface area contributed by atoms with Gasteiger partial charge in [0.2, 0.25) is 0 Å². The molecule has 0 amide bonds. The van der Waals surface area contributed by atoms with Gasteiger partial charge < -0.3 is 0 Å². The van der Waals surface area contributed by atoms with Gasteiger partial charge in [0.15, 0.2) is 6.29 Å². The molecule has 0 N–H and O–H groups in total. The van der Waals surface area contributed by atoms with Gasteiger partial charge in [0.25, 0.3) is 0 Å². The molecule has 0 fully saturated rings. The van der Waals surface area contributed by atoms with Gasteiger partial charge in [0.1, 0.15) is 0 Å². The van der Waals surface area contributed by atoms with E-state index in [0.29, 0.717) is 6.42 Å². The third kappa shape index (κ3) is 3.67. The molecule has 0 aromatic carbocycles. The van der Waals surface area contributed by atoms with E-state index in [0.717, 1.165) is 6.42 Å². The summed E-state index contributed by atoms with van der Waals surface area (Å²) in [5.41, 5.74) is 0. The monoisotopic (exact) mass is 84.1 g/mol.